The Kier molecular flexibility index (Phi) is 4.60. The van der Waals surface area contributed by atoms with Crippen LogP contribution in [0.3, 0.4) is 0 Å². The highest BCUT2D eigenvalue weighted by Crippen LogP contribution is 2.26. The van der Waals surface area contributed by atoms with Gasteiger partial charge in [0.25, 0.3) is 0 Å². The van der Waals surface area contributed by atoms with Crippen LogP contribution >= 0.6 is 31.9 Å². The maximum atomic E-state index is 6.30. The van der Waals surface area contributed by atoms with Gasteiger partial charge in [-0.15, -0.1) is 0 Å². The molecule has 18 heavy (non-hydrogen) atoms. The second-order valence-electron chi connectivity index (χ2n) is 4.47. The van der Waals surface area contributed by atoms with E-state index in [2.05, 4.69) is 69.1 Å². The van der Waals surface area contributed by atoms with E-state index in [1.165, 1.54) is 11.1 Å². The summed E-state index contributed by atoms with van der Waals surface area (Å²) in [6.07, 6.45) is 0.835. The quantitative estimate of drug-likeness (QED) is 0.830. The highest BCUT2D eigenvalue weighted by molar-refractivity contribution is 9.10. The number of rotatable bonds is 3. The van der Waals surface area contributed by atoms with Crippen LogP contribution in [0.25, 0.3) is 0 Å². The van der Waals surface area contributed by atoms with Crippen molar-refractivity contribution in [3.8, 4) is 0 Å². The van der Waals surface area contributed by atoms with Crippen molar-refractivity contribution in [3.05, 3.63) is 68.1 Å². The van der Waals surface area contributed by atoms with Crippen LogP contribution in [0.1, 0.15) is 22.7 Å². The summed E-state index contributed by atoms with van der Waals surface area (Å²) < 4.78 is 2.17. The average Bonchev–Trinajstić information content (AvgIpc) is 2.32. The Hall–Kier alpha value is -0.640. The van der Waals surface area contributed by atoms with Gasteiger partial charge in [0.2, 0.25) is 0 Å². The predicted octanol–water partition coefficient (Wildman–Crippen LogP) is 4.76. The van der Waals surface area contributed by atoms with Crippen LogP contribution in [-0.4, -0.2) is 0 Å². The first-order valence-corrected chi connectivity index (χ1v) is 7.41. The first-order chi connectivity index (χ1) is 8.56. The molecule has 2 aromatic carbocycles. The normalized spacial score (nSPS) is 12.4. The van der Waals surface area contributed by atoms with Gasteiger partial charge in [0.15, 0.2) is 0 Å². The van der Waals surface area contributed by atoms with Crippen LogP contribution in [-0.2, 0) is 6.42 Å². The summed E-state index contributed by atoms with van der Waals surface area (Å²) >= 11 is 7.05. The van der Waals surface area contributed by atoms with Gasteiger partial charge in [0.1, 0.15) is 0 Å². The number of hydrogen-bond acceptors (Lipinski definition) is 1. The highest BCUT2D eigenvalue weighted by atomic mass is 79.9. The first kappa shape index (κ1) is 13.8. The molecule has 0 saturated heterocycles. The summed E-state index contributed by atoms with van der Waals surface area (Å²) in [5, 5.41) is 0. The van der Waals surface area contributed by atoms with E-state index in [1.807, 2.05) is 12.1 Å². The predicted molar refractivity (Wildman–Crippen MR) is 83.7 cm³/mol. The van der Waals surface area contributed by atoms with Crippen LogP contribution < -0.4 is 5.73 Å². The zero-order valence-electron chi connectivity index (χ0n) is 10.2. The van der Waals surface area contributed by atoms with Crippen molar-refractivity contribution < 1.29 is 0 Å². The number of hydrogen-bond donors (Lipinski definition) is 1. The molecule has 0 fully saturated rings. The number of benzene rings is 2. The minimum atomic E-state index is 0.00794. The molecule has 2 aromatic rings. The van der Waals surface area contributed by atoms with Crippen molar-refractivity contribution in [1.29, 1.82) is 0 Å². The molecule has 0 heterocycles. The molecule has 0 bridgehead atoms. The van der Waals surface area contributed by atoms with E-state index in [-0.39, 0.29) is 6.04 Å². The lowest BCUT2D eigenvalue weighted by Gasteiger charge is -2.15. The van der Waals surface area contributed by atoms with Gasteiger partial charge in [0, 0.05) is 15.0 Å². The molecule has 0 aliphatic heterocycles. The average molecular weight is 369 g/mol. The molecule has 1 atom stereocenters. The van der Waals surface area contributed by atoms with E-state index >= 15 is 0 Å². The van der Waals surface area contributed by atoms with Crippen molar-refractivity contribution in [3.63, 3.8) is 0 Å². The van der Waals surface area contributed by atoms with Crippen LogP contribution in [0.4, 0.5) is 0 Å². The fourth-order valence-electron chi connectivity index (χ4n) is 1.98. The third kappa shape index (κ3) is 3.44. The van der Waals surface area contributed by atoms with E-state index in [0.717, 1.165) is 20.9 Å². The molecule has 0 amide bonds. The van der Waals surface area contributed by atoms with Crippen molar-refractivity contribution in [2.45, 2.75) is 19.4 Å². The Morgan fingerprint density at radius 3 is 2.61 bits per heavy atom. The minimum absolute atomic E-state index is 0.00794. The van der Waals surface area contributed by atoms with Crippen LogP contribution in [0.5, 0.6) is 0 Å². The summed E-state index contributed by atoms with van der Waals surface area (Å²) in [7, 11) is 0. The molecular formula is C15H15Br2N. The van der Waals surface area contributed by atoms with Gasteiger partial charge in [0.05, 0.1) is 0 Å². The summed E-state index contributed by atoms with van der Waals surface area (Å²) in [4.78, 5) is 0. The molecule has 0 aromatic heterocycles. The molecule has 2 N–H and O–H groups in total. The van der Waals surface area contributed by atoms with Crippen LogP contribution in [0.15, 0.2) is 51.4 Å². The lowest BCUT2D eigenvalue weighted by atomic mass is 9.98. The van der Waals surface area contributed by atoms with E-state index in [9.17, 15) is 0 Å². The zero-order chi connectivity index (χ0) is 13.1. The van der Waals surface area contributed by atoms with E-state index in [0.29, 0.717) is 0 Å². The number of aryl methyl sites for hydroxylation is 1. The van der Waals surface area contributed by atoms with Gasteiger partial charge in [-0.3, -0.25) is 0 Å². The fraction of sp³-hybridized carbons (Fsp3) is 0.200. The van der Waals surface area contributed by atoms with Crippen molar-refractivity contribution in [2.24, 2.45) is 5.73 Å². The van der Waals surface area contributed by atoms with Gasteiger partial charge in [-0.25, -0.2) is 0 Å². The minimum Gasteiger partial charge on any atom is -0.324 e. The third-order valence-electron chi connectivity index (χ3n) is 2.90. The first-order valence-electron chi connectivity index (χ1n) is 5.82. The maximum Gasteiger partial charge on any atom is 0.0347 e. The topological polar surface area (TPSA) is 26.0 Å². The van der Waals surface area contributed by atoms with Gasteiger partial charge >= 0.3 is 0 Å². The van der Waals surface area contributed by atoms with Crippen molar-refractivity contribution in [2.75, 3.05) is 0 Å². The molecule has 0 saturated carbocycles. The summed E-state index contributed by atoms with van der Waals surface area (Å²) in [5.74, 6) is 0. The van der Waals surface area contributed by atoms with E-state index in [4.69, 9.17) is 5.73 Å². The Morgan fingerprint density at radius 2 is 1.89 bits per heavy atom. The molecule has 2 rings (SSSR count). The lowest BCUT2D eigenvalue weighted by molar-refractivity contribution is 0.717. The molecular weight excluding hydrogens is 354 g/mol. The van der Waals surface area contributed by atoms with E-state index < -0.39 is 0 Å². The molecule has 0 aliphatic carbocycles. The molecule has 0 aliphatic rings. The van der Waals surface area contributed by atoms with Gasteiger partial charge < -0.3 is 5.73 Å². The molecule has 1 unspecified atom stereocenters. The largest absolute Gasteiger partial charge is 0.324 e. The summed E-state index contributed by atoms with van der Waals surface area (Å²) in [6, 6.07) is 14.6. The summed E-state index contributed by atoms with van der Waals surface area (Å²) in [5.41, 5.74) is 9.94. The van der Waals surface area contributed by atoms with Gasteiger partial charge in [-0.1, -0.05) is 61.7 Å². The Bertz CT molecular complexity index is 552. The summed E-state index contributed by atoms with van der Waals surface area (Å²) in [6.45, 7) is 2.09. The monoisotopic (exact) mass is 367 g/mol. The molecule has 0 radical (unpaired) electrons. The molecule has 0 spiro atoms. The highest BCUT2D eigenvalue weighted by Gasteiger charge is 2.11. The molecule has 3 heteroatoms. The van der Waals surface area contributed by atoms with E-state index in [1.54, 1.807) is 0 Å². The Morgan fingerprint density at radius 1 is 1.11 bits per heavy atom. The standard InChI is InChI=1S/C15H15Br2N/c1-10-5-6-14(17)13(7-10)15(18)9-11-3-2-4-12(16)8-11/h2-8,15H,9,18H2,1H3. The Labute approximate surface area is 125 Å². The zero-order valence-corrected chi connectivity index (χ0v) is 13.3. The van der Waals surface area contributed by atoms with Crippen LogP contribution in [0.2, 0.25) is 0 Å². The van der Waals surface area contributed by atoms with Crippen molar-refractivity contribution >= 4 is 31.9 Å². The lowest BCUT2D eigenvalue weighted by Crippen LogP contribution is -2.14. The van der Waals surface area contributed by atoms with Gasteiger partial charge in [-0.2, -0.15) is 0 Å². The van der Waals surface area contributed by atoms with Gasteiger partial charge in [-0.05, 0) is 42.7 Å². The Balaban J connectivity index is 2.21. The van der Waals surface area contributed by atoms with Crippen molar-refractivity contribution in [1.82, 2.24) is 0 Å². The number of nitrogens with two attached hydrogens (primary N) is 1. The third-order valence-corrected chi connectivity index (χ3v) is 4.11. The SMILES string of the molecule is Cc1ccc(Br)c(C(N)Cc2cccc(Br)c2)c1. The smallest absolute Gasteiger partial charge is 0.0347 e. The second-order valence-corrected chi connectivity index (χ2v) is 6.24. The maximum absolute atomic E-state index is 6.30. The number of halogens is 2. The molecule has 94 valence electrons. The fourth-order valence-corrected chi connectivity index (χ4v) is 2.96. The second kappa shape index (κ2) is 6.00. The molecule has 1 nitrogen and oxygen atoms in total. The van der Waals surface area contributed by atoms with Crippen LogP contribution in [0, 0.1) is 6.92 Å².